The van der Waals surface area contributed by atoms with E-state index in [-0.39, 0.29) is 0 Å². The van der Waals surface area contributed by atoms with Crippen LogP contribution in [0.3, 0.4) is 0 Å². The lowest BCUT2D eigenvalue weighted by molar-refractivity contribution is 0.0888. The molecule has 0 amide bonds. The van der Waals surface area contributed by atoms with Gasteiger partial charge in [0.25, 0.3) is 0 Å². The van der Waals surface area contributed by atoms with Crippen LogP contribution in [0.1, 0.15) is 45.4 Å². The molecular weight excluding hydrogens is 160 g/mol. The van der Waals surface area contributed by atoms with Crippen LogP contribution in [-0.4, -0.2) is 13.2 Å². The fourth-order valence-electron chi connectivity index (χ4n) is 1.84. The van der Waals surface area contributed by atoms with Gasteiger partial charge in [0.1, 0.15) is 0 Å². The molecule has 0 spiro atoms. The molecule has 0 heterocycles. The number of rotatable bonds is 3. The van der Waals surface area contributed by atoms with E-state index in [1.54, 1.807) is 7.11 Å². The quantitative estimate of drug-likeness (QED) is 0.479. The Bertz CT molecular complexity index is 187. The molecular formula is C12H20O. The van der Waals surface area contributed by atoms with Crippen LogP contribution >= 0.6 is 0 Å². The first-order valence-electron chi connectivity index (χ1n) is 5.39. The molecule has 1 fully saturated rings. The number of hydrogen-bond donors (Lipinski definition) is 0. The van der Waals surface area contributed by atoms with Gasteiger partial charge in [0.05, 0.1) is 6.10 Å². The molecule has 1 aliphatic rings. The summed E-state index contributed by atoms with van der Waals surface area (Å²) in [6.07, 6.45) is 7.66. The van der Waals surface area contributed by atoms with Crippen molar-refractivity contribution in [2.24, 2.45) is 5.92 Å². The molecule has 74 valence electrons. The van der Waals surface area contributed by atoms with Crippen LogP contribution in [0.25, 0.3) is 0 Å². The third kappa shape index (κ3) is 3.40. The number of methoxy groups -OCH3 is 1. The van der Waals surface area contributed by atoms with Crippen molar-refractivity contribution in [1.29, 1.82) is 0 Å². The van der Waals surface area contributed by atoms with E-state index in [0.29, 0.717) is 12.0 Å². The Morgan fingerprint density at radius 2 is 2.23 bits per heavy atom. The number of ether oxygens (including phenoxy) is 1. The Labute approximate surface area is 81.9 Å². The molecule has 0 saturated heterocycles. The molecule has 0 N–H and O–H groups in total. The van der Waals surface area contributed by atoms with E-state index in [2.05, 4.69) is 18.8 Å². The van der Waals surface area contributed by atoms with Crippen molar-refractivity contribution in [2.75, 3.05) is 7.11 Å². The van der Waals surface area contributed by atoms with Crippen molar-refractivity contribution >= 4 is 0 Å². The van der Waals surface area contributed by atoms with Gasteiger partial charge in [-0.15, -0.1) is 5.92 Å². The van der Waals surface area contributed by atoms with Crippen LogP contribution in [0.15, 0.2) is 0 Å². The molecule has 0 radical (unpaired) electrons. The molecule has 13 heavy (non-hydrogen) atoms. The Kier molecular flexibility index (Phi) is 4.93. The van der Waals surface area contributed by atoms with Gasteiger partial charge in [0, 0.05) is 19.4 Å². The summed E-state index contributed by atoms with van der Waals surface area (Å²) in [5.74, 6) is 7.12. The number of hydrogen-bond acceptors (Lipinski definition) is 1. The maximum absolute atomic E-state index is 5.38. The van der Waals surface area contributed by atoms with Gasteiger partial charge in [0.15, 0.2) is 0 Å². The molecule has 0 bridgehead atoms. The average Bonchev–Trinajstić information content (AvgIpc) is 2.60. The summed E-state index contributed by atoms with van der Waals surface area (Å²) in [4.78, 5) is 0. The molecule has 1 saturated carbocycles. The summed E-state index contributed by atoms with van der Waals surface area (Å²) < 4.78 is 5.38. The van der Waals surface area contributed by atoms with Crippen LogP contribution < -0.4 is 0 Å². The van der Waals surface area contributed by atoms with E-state index >= 15 is 0 Å². The predicted octanol–water partition coefficient (Wildman–Crippen LogP) is 3.00. The van der Waals surface area contributed by atoms with Crippen LogP contribution in [0, 0.1) is 17.8 Å². The third-order valence-corrected chi connectivity index (χ3v) is 2.70. The molecule has 1 rings (SSSR count). The van der Waals surface area contributed by atoms with E-state index < -0.39 is 0 Å². The standard InChI is InChI=1S/C12H20O/c1-3-4-5-6-8-11-9-7-10-12(11)13-2/h11-12H,3-5,7,9-10H2,1-2H3. The van der Waals surface area contributed by atoms with Gasteiger partial charge in [-0.3, -0.25) is 0 Å². The van der Waals surface area contributed by atoms with E-state index in [4.69, 9.17) is 4.74 Å². The highest BCUT2D eigenvalue weighted by molar-refractivity contribution is 5.07. The molecule has 0 aromatic heterocycles. The van der Waals surface area contributed by atoms with Gasteiger partial charge in [-0.25, -0.2) is 0 Å². The summed E-state index contributed by atoms with van der Waals surface area (Å²) in [7, 11) is 1.80. The minimum absolute atomic E-state index is 0.411. The fourth-order valence-corrected chi connectivity index (χ4v) is 1.84. The molecule has 0 aliphatic heterocycles. The normalized spacial score (nSPS) is 26.9. The largest absolute Gasteiger partial charge is 0.380 e. The average molecular weight is 180 g/mol. The minimum Gasteiger partial charge on any atom is -0.380 e. The lowest BCUT2D eigenvalue weighted by Gasteiger charge is -2.11. The Morgan fingerprint density at radius 1 is 1.38 bits per heavy atom. The van der Waals surface area contributed by atoms with E-state index in [0.717, 1.165) is 6.42 Å². The van der Waals surface area contributed by atoms with Gasteiger partial charge in [-0.1, -0.05) is 19.3 Å². The second-order valence-electron chi connectivity index (χ2n) is 3.74. The Morgan fingerprint density at radius 3 is 2.92 bits per heavy atom. The van der Waals surface area contributed by atoms with Gasteiger partial charge in [-0.2, -0.15) is 0 Å². The highest BCUT2D eigenvalue weighted by Gasteiger charge is 2.24. The zero-order valence-electron chi connectivity index (χ0n) is 8.81. The van der Waals surface area contributed by atoms with Crippen LogP contribution in [0.5, 0.6) is 0 Å². The Balaban J connectivity index is 2.28. The van der Waals surface area contributed by atoms with Crippen molar-refractivity contribution in [3.8, 4) is 11.8 Å². The Hall–Kier alpha value is -0.480. The maximum Gasteiger partial charge on any atom is 0.0708 e. The first-order chi connectivity index (χ1) is 6.38. The van der Waals surface area contributed by atoms with Crippen molar-refractivity contribution in [1.82, 2.24) is 0 Å². The number of unbranched alkanes of at least 4 members (excludes halogenated alkanes) is 2. The lowest BCUT2D eigenvalue weighted by atomic mass is 10.1. The van der Waals surface area contributed by atoms with E-state index in [1.807, 2.05) is 0 Å². The topological polar surface area (TPSA) is 9.23 Å². The maximum atomic E-state index is 5.38. The van der Waals surface area contributed by atoms with Crippen LogP contribution in [0.2, 0.25) is 0 Å². The summed E-state index contributed by atoms with van der Waals surface area (Å²) in [5.41, 5.74) is 0. The van der Waals surface area contributed by atoms with Gasteiger partial charge < -0.3 is 4.74 Å². The van der Waals surface area contributed by atoms with Gasteiger partial charge >= 0.3 is 0 Å². The van der Waals surface area contributed by atoms with Crippen molar-refractivity contribution in [3.63, 3.8) is 0 Å². The van der Waals surface area contributed by atoms with Crippen LogP contribution in [0.4, 0.5) is 0 Å². The highest BCUT2D eigenvalue weighted by atomic mass is 16.5. The first-order valence-corrected chi connectivity index (χ1v) is 5.39. The predicted molar refractivity (Wildman–Crippen MR) is 55.4 cm³/mol. The second kappa shape index (κ2) is 6.05. The summed E-state index contributed by atoms with van der Waals surface area (Å²) >= 11 is 0. The highest BCUT2D eigenvalue weighted by Crippen LogP contribution is 2.26. The van der Waals surface area contributed by atoms with Crippen molar-refractivity contribution in [2.45, 2.75) is 51.6 Å². The van der Waals surface area contributed by atoms with E-state index in [9.17, 15) is 0 Å². The van der Waals surface area contributed by atoms with Crippen LogP contribution in [-0.2, 0) is 4.74 Å². The monoisotopic (exact) mass is 180 g/mol. The first kappa shape index (κ1) is 10.6. The minimum atomic E-state index is 0.411. The SMILES string of the molecule is CCCCC#CC1CCCC1OC. The molecule has 0 aromatic carbocycles. The molecule has 1 aliphatic carbocycles. The van der Waals surface area contributed by atoms with Crippen molar-refractivity contribution in [3.05, 3.63) is 0 Å². The van der Waals surface area contributed by atoms with Gasteiger partial charge in [-0.05, 0) is 25.7 Å². The zero-order valence-corrected chi connectivity index (χ0v) is 8.81. The summed E-state index contributed by atoms with van der Waals surface area (Å²) in [6, 6.07) is 0. The summed E-state index contributed by atoms with van der Waals surface area (Å²) in [5, 5.41) is 0. The fraction of sp³-hybridized carbons (Fsp3) is 0.833. The smallest absolute Gasteiger partial charge is 0.0708 e. The molecule has 1 nitrogen and oxygen atoms in total. The molecule has 1 heteroatoms. The lowest BCUT2D eigenvalue weighted by Crippen LogP contribution is -2.14. The second-order valence-corrected chi connectivity index (χ2v) is 3.74. The molecule has 2 unspecified atom stereocenters. The third-order valence-electron chi connectivity index (χ3n) is 2.70. The molecule has 0 aromatic rings. The molecule has 2 atom stereocenters. The van der Waals surface area contributed by atoms with Gasteiger partial charge in [0.2, 0.25) is 0 Å². The summed E-state index contributed by atoms with van der Waals surface area (Å²) in [6.45, 7) is 2.20. The zero-order chi connectivity index (χ0) is 9.52. The van der Waals surface area contributed by atoms with Crippen molar-refractivity contribution < 1.29 is 4.74 Å². The van der Waals surface area contributed by atoms with E-state index in [1.165, 1.54) is 32.1 Å².